The molecule has 4 aliphatic rings. The monoisotopic (exact) mass is 954 g/mol. The Morgan fingerprint density at radius 3 is 1.20 bits per heavy atom. The molecule has 3 aromatic rings. The van der Waals surface area contributed by atoms with Crippen LogP contribution in [-0.4, -0.2) is 130 Å². The van der Waals surface area contributed by atoms with E-state index in [9.17, 15) is 16.8 Å². The van der Waals surface area contributed by atoms with Gasteiger partial charge in [-0.05, 0) is 87.2 Å². The van der Waals surface area contributed by atoms with Crippen LogP contribution in [0.15, 0.2) is 72.8 Å². The average Bonchev–Trinajstić information content (AvgIpc) is 3.91. The lowest BCUT2D eigenvalue weighted by Gasteiger charge is -2.36. The Morgan fingerprint density at radius 1 is 0.492 bits per heavy atom. The molecule has 0 spiro atoms. The Hall–Kier alpha value is -3.48. The third-order valence-corrected chi connectivity index (χ3v) is 12.2. The predicted octanol–water partition coefficient (Wildman–Crippen LogP) is 5.24. The lowest BCUT2D eigenvalue weighted by atomic mass is 9.93. The van der Waals surface area contributed by atoms with Crippen molar-refractivity contribution in [2.75, 3.05) is 53.7 Å². The second kappa shape index (κ2) is 20.8. The lowest BCUT2D eigenvalue weighted by molar-refractivity contribution is -0.255. The molecule has 4 aliphatic heterocycles. The van der Waals surface area contributed by atoms with Crippen molar-refractivity contribution >= 4 is 20.2 Å². The highest BCUT2D eigenvalue weighted by atomic mass is 32.2. The van der Waals surface area contributed by atoms with Crippen molar-refractivity contribution in [2.24, 2.45) is 0 Å². The second-order valence-corrected chi connectivity index (χ2v) is 20.4. The van der Waals surface area contributed by atoms with Crippen molar-refractivity contribution < 1.29 is 82.0 Å². The molecule has 0 aromatic heterocycles. The van der Waals surface area contributed by atoms with Crippen LogP contribution < -0.4 is 14.2 Å². The van der Waals surface area contributed by atoms with E-state index in [4.69, 9.17) is 65.2 Å². The van der Waals surface area contributed by atoms with E-state index in [1.165, 1.54) is 0 Å². The van der Waals surface area contributed by atoms with Crippen LogP contribution in [0, 0.1) is 0 Å². The predicted molar refractivity (Wildman–Crippen MR) is 233 cm³/mol. The van der Waals surface area contributed by atoms with E-state index in [0.717, 1.165) is 40.7 Å². The normalized spacial score (nSPS) is 27.4. The number of benzene rings is 3. The van der Waals surface area contributed by atoms with Crippen molar-refractivity contribution in [3.8, 4) is 17.2 Å². The average molecular weight is 955 g/mol. The van der Waals surface area contributed by atoms with Gasteiger partial charge in [0.25, 0.3) is 20.2 Å². The van der Waals surface area contributed by atoms with Crippen LogP contribution in [0.4, 0.5) is 0 Å². The quantitative estimate of drug-likeness (QED) is 0.133. The number of hydrogen-bond donors (Lipinski definition) is 0. The zero-order valence-corrected chi connectivity index (χ0v) is 40.1. The van der Waals surface area contributed by atoms with E-state index in [1.54, 1.807) is 59.4 Å². The van der Waals surface area contributed by atoms with Crippen LogP contribution in [0.2, 0.25) is 0 Å². The third-order valence-electron chi connectivity index (χ3n) is 11.1. The van der Waals surface area contributed by atoms with Gasteiger partial charge in [-0.15, -0.1) is 0 Å². The number of hydrogen-bond acceptors (Lipinski definition) is 18. The molecule has 0 N–H and O–H groups in total. The van der Waals surface area contributed by atoms with Gasteiger partial charge in [0.05, 0.1) is 60.3 Å². The smallest absolute Gasteiger partial charge is 0.264 e. The second-order valence-electron chi connectivity index (χ2n) is 17.1. The minimum atomic E-state index is -3.88. The van der Waals surface area contributed by atoms with E-state index in [1.807, 2.05) is 62.4 Å². The molecule has 7 rings (SSSR count). The Morgan fingerprint density at radius 2 is 0.846 bits per heavy atom. The standard InChI is InChI=1S/C26H34O7.C19H28O11S2/c1-6-26(17-29-15-18-7-11-20(27-4)12-8-18)23(22-24(33-26)32-25(2,3)31-22)30-16-19-9-13-21(28-5)14-10-19;1-18(2)28-15-16(25-10-13-6-8-14(24-3)9-7-13)19(30-17(15)29-18,11-26-31(4,20)21)12-27-32(5,22)23/h7-14,22-24H,6,15-17H2,1-5H3;6-9,15-17H,10-12H2,1-5H3/t22?,23-,24+,26-;15?,16-,17+/m11/s1. The highest BCUT2D eigenvalue weighted by Gasteiger charge is 2.64. The largest absolute Gasteiger partial charge is 0.497 e. The van der Waals surface area contributed by atoms with Crippen LogP contribution >= 0.6 is 0 Å². The van der Waals surface area contributed by atoms with Crippen LogP contribution in [0.1, 0.15) is 57.7 Å². The van der Waals surface area contributed by atoms with E-state index in [2.05, 4.69) is 6.92 Å². The maximum absolute atomic E-state index is 11.7. The van der Waals surface area contributed by atoms with Crippen molar-refractivity contribution in [3.63, 3.8) is 0 Å². The summed E-state index contributed by atoms with van der Waals surface area (Å²) < 4.78 is 127. The van der Waals surface area contributed by atoms with Gasteiger partial charge in [-0.25, -0.2) is 0 Å². The number of rotatable bonds is 20. The van der Waals surface area contributed by atoms with Crippen molar-refractivity contribution in [3.05, 3.63) is 89.5 Å². The Bertz CT molecular complexity index is 2180. The SMILES string of the molecule is CC[C@]1(COCc2ccc(OC)cc2)O[C@@H]2OC(C)(C)OC2[C@H]1OCc1ccc(OC)cc1.COc1ccc(CO[C@@H]2C3OC(C)(C)O[C@H]3OC2(COS(C)(=O)=O)COS(C)(=O)=O)cc1. The summed E-state index contributed by atoms with van der Waals surface area (Å²) in [6.45, 7) is 9.46. The number of ether oxygens (including phenoxy) is 12. The molecule has 18 nitrogen and oxygen atoms in total. The van der Waals surface area contributed by atoms with E-state index in [0.29, 0.717) is 32.0 Å². The molecular formula is C45H62O18S2. The number of methoxy groups -OCH3 is 3. The molecule has 4 fully saturated rings. The lowest BCUT2D eigenvalue weighted by Crippen LogP contribution is -2.53. The van der Waals surface area contributed by atoms with Gasteiger partial charge in [-0.3, -0.25) is 8.37 Å². The zero-order valence-electron chi connectivity index (χ0n) is 38.5. The van der Waals surface area contributed by atoms with Gasteiger partial charge in [0.1, 0.15) is 66.1 Å². The molecule has 3 aromatic carbocycles. The highest BCUT2D eigenvalue weighted by molar-refractivity contribution is 7.86. The van der Waals surface area contributed by atoms with Crippen LogP contribution in [0.3, 0.4) is 0 Å². The van der Waals surface area contributed by atoms with Crippen LogP contribution in [-0.2, 0) is 91.1 Å². The first-order valence-electron chi connectivity index (χ1n) is 21.1. The van der Waals surface area contributed by atoms with Crippen LogP contribution in [0.5, 0.6) is 17.2 Å². The molecule has 0 radical (unpaired) electrons. The molecule has 0 saturated carbocycles. The molecule has 0 amide bonds. The fraction of sp³-hybridized carbons (Fsp3) is 0.600. The van der Waals surface area contributed by atoms with Gasteiger partial charge in [-0.1, -0.05) is 43.3 Å². The third kappa shape index (κ3) is 13.4. The Balaban J connectivity index is 0.000000216. The topological polar surface area (TPSA) is 198 Å². The van der Waals surface area contributed by atoms with Gasteiger partial charge in [0, 0.05) is 0 Å². The fourth-order valence-electron chi connectivity index (χ4n) is 7.87. The Kier molecular flexibility index (Phi) is 16.3. The molecule has 362 valence electrons. The van der Waals surface area contributed by atoms with Gasteiger partial charge in [-0.2, -0.15) is 16.8 Å². The minimum absolute atomic E-state index is 0.0878. The van der Waals surface area contributed by atoms with Gasteiger partial charge >= 0.3 is 0 Å². The minimum Gasteiger partial charge on any atom is -0.497 e. The zero-order chi connectivity index (χ0) is 47.3. The molecule has 7 atom stereocenters. The van der Waals surface area contributed by atoms with Gasteiger partial charge in [0.15, 0.2) is 24.2 Å². The van der Waals surface area contributed by atoms with Gasteiger partial charge < -0.3 is 56.8 Å². The Labute approximate surface area is 382 Å². The van der Waals surface area contributed by atoms with E-state index < -0.39 is 81.0 Å². The molecule has 20 heteroatoms. The summed E-state index contributed by atoms with van der Waals surface area (Å²) in [4.78, 5) is 0. The summed E-state index contributed by atoms with van der Waals surface area (Å²) in [5, 5.41) is 0. The van der Waals surface area contributed by atoms with Crippen molar-refractivity contribution in [1.82, 2.24) is 0 Å². The van der Waals surface area contributed by atoms with E-state index in [-0.39, 0.29) is 18.8 Å². The maximum atomic E-state index is 11.7. The summed E-state index contributed by atoms with van der Waals surface area (Å²) in [6, 6.07) is 22.8. The highest BCUT2D eigenvalue weighted by Crippen LogP contribution is 2.47. The molecular weight excluding hydrogens is 893 g/mol. The van der Waals surface area contributed by atoms with Gasteiger partial charge in [0.2, 0.25) is 0 Å². The summed E-state index contributed by atoms with van der Waals surface area (Å²) >= 11 is 0. The fourth-order valence-corrected chi connectivity index (χ4v) is 8.69. The molecule has 2 unspecified atom stereocenters. The molecule has 0 bridgehead atoms. The number of fused-ring (bicyclic) bond motifs is 2. The van der Waals surface area contributed by atoms with E-state index >= 15 is 0 Å². The summed E-state index contributed by atoms with van der Waals surface area (Å²) in [6.07, 6.45) is -1.43. The molecule has 4 saturated heterocycles. The summed E-state index contributed by atoms with van der Waals surface area (Å²) in [7, 11) is -2.90. The first-order valence-corrected chi connectivity index (χ1v) is 24.7. The molecule has 4 heterocycles. The first-order chi connectivity index (χ1) is 30.6. The first kappa shape index (κ1) is 50.9. The summed E-state index contributed by atoms with van der Waals surface area (Å²) in [5.74, 6) is 0.593. The summed E-state index contributed by atoms with van der Waals surface area (Å²) in [5.41, 5.74) is 0.579. The molecule has 65 heavy (non-hydrogen) atoms. The van der Waals surface area contributed by atoms with Crippen molar-refractivity contribution in [2.45, 2.75) is 121 Å². The molecule has 0 aliphatic carbocycles. The maximum Gasteiger partial charge on any atom is 0.264 e. The van der Waals surface area contributed by atoms with Crippen LogP contribution in [0.25, 0.3) is 0 Å². The van der Waals surface area contributed by atoms with Crippen molar-refractivity contribution in [1.29, 1.82) is 0 Å².